The zero-order valence-electron chi connectivity index (χ0n) is 13.2. The van der Waals surface area contributed by atoms with Gasteiger partial charge in [-0.1, -0.05) is 11.6 Å². The number of anilines is 1. The Hall–Kier alpha value is -1.46. The maximum absolute atomic E-state index is 12.4. The van der Waals surface area contributed by atoms with E-state index in [2.05, 4.69) is 17.3 Å². The van der Waals surface area contributed by atoms with Crippen molar-refractivity contribution in [1.29, 1.82) is 0 Å². The first-order valence-corrected chi connectivity index (χ1v) is 9.07. The molecule has 0 bridgehead atoms. The Kier molecular flexibility index (Phi) is 4.97. The molecule has 1 aliphatic rings. The molecule has 1 N–H and O–H groups in total. The zero-order chi connectivity index (χ0) is 16.4. The lowest BCUT2D eigenvalue weighted by Crippen LogP contribution is -2.25. The lowest BCUT2D eigenvalue weighted by molar-refractivity contribution is -0.115. The Balaban J connectivity index is 1.62. The lowest BCUT2D eigenvalue weighted by Gasteiger charge is -2.17. The number of halogens is 1. The van der Waals surface area contributed by atoms with Gasteiger partial charge in [-0.05, 0) is 56.9 Å². The van der Waals surface area contributed by atoms with E-state index >= 15 is 0 Å². The maximum Gasteiger partial charge on any atom is 0.238 e. The number of carbonyl (C=O) groups excluding carboxylic acids is 1. The number of benzene rings is 1. The predicted octanol–water partition coefficient (Wildman–Crippen LogP) is 4.63. The van der Waals surface area contributed by atoms with Gasteiger partial charge in [0.2, 0.25) is 5.91 Å². The van der Waals surface area contributed by atoms with E-state index in [1.54, 1.807) is 6.20 Å². The standard InChI is InChI=1S/C17H20ClN3OS/c1-11(13-3-4-13)21-16(9-10-19-21)20-17(22)12(2)23-15-7-5-14(18)6-8-15/h5-13H,3-4H2,1-2H3,(H,20,22). The number of rotatable bonds is 6. The van der Waals surface area contributed by atoms with Gasteiger partial charge in [-0.3, -0.25) is 4.79 Å². The molecule has 2 aromatic rings. The van der Waals surface area contributed by atoms with Crippen LogP contribution in [-0.2, 0) is 4.79 Å². The Morgan fingerprint density at radius 2 is 2.00 bits per heavy atom. The summed E-state index contributed by atoms with van der Waals surface area (Å²) in [4.78, 5) is 13.5. The number of aromatic nitrogens is 2. The molecule has 1 saturated carbocycles. The minimum Gasteiger partial charge on any atom is -0.310 e. The van der Waals surface area contributed by atoms with Crippen molar-refractivity contribution in [3.05, 3.63) is 41.6 Å². The number of hydrogen-bond acceptors (Lipinski definition) is 3. The van der Waals surface area contributed by atoms with E-state index in [4.69, 9.17) is 11.6 Å². The summed E-state index contributed by atoms with van der Waals surface area (Å²) in [5.74, 6) is 1.44. The van der Waals surface area contributed by atoms with E-state index in [0.717, 1.165) is 10.7 Å². The summed E-state index contributed by atoms with van der Waals surface area (Å²) in [7, 11) is 0. The molecule has 4 nitrogen and oxygen atoms in total. The number of nitrogens with one attached hydrogen (secondary N) is 1. The monoisotopic (exact) mass is 349 g/mol. The van der Waals surface area contributed by atoms with Crippen LogP contribution in [0.15, 0.2) is 41.4 Å². The third-order valence-electron chi connectivity index (χ3n) is 4.11. The van der Waals surface area contributed by atoms with E-state index in [-0.39, 0.29) is 11.2 Å². The molecule has 122 valence electrons. The third kappa shape index (κ3) is 4.09. The van der Waals surface area contributed by atoms with Gasteiger partial charge in [-0.2, -0.15) is 5.10 Å². The second kappa shape index (κ2) is 6.97. The average molecular weight is 350 g/mol. The zero-order valence-corrected chi connectivity index (χ0v) is 14.8. The van der Waals surface area contributed by atoms with E-state index in [1.807, 2.05) is 41.9 Å². The predicted molar refractivity (Wildman–Crippen MR) is 95.1 cm³/mol. The van der Waals surface area contributed by atoms with Crippen molar-refractivity contribution >= 4 is 35.1 Å². The minimum absolute atomic E-state index is 0.0188. The molecule has 0 aliphatic heterocycles. The highest BCUT2D eigenvalue weighted by Crippen LogP contribution is 2.40. The van der Waals surface area contributed by atoms with E-state index < -0.39 is 0 Å². The second-order valence-corrected chi connectivity index (χ2v) is 7.79. The maximum atomic E-state index is 12.4. The fourth-order valence-corrected chi connectivity index (χ4v) is 3.51. The number of nitrogens with zero attached hydrogens (tertiary/aromatic N) is 2. The highest BCUT2D eigenvalue weighted by atomic mass is 35.5. The van der Waals surface area contributed by atoms with Crippen molar-refractivity contribution in [3.8, 4) is 0 Å². The SMILES string of the molecule is CC(Sc1ccc(Cl)cc1)C(=O)Nc1ccnn1C(C)C1CC1. The fraction of sp³-hybridized carbons (Fsp3) is 0.412. The number of amides is 1. The fourth-order valence-electron chi connectivity index (χ4n) is 2.51. The molecular weight excluding hydrogens is 330 g/mol. The number of carbonyl (C=O) groups is 1. The Morgan fingerprint density at radius 1 is 1.30 bits per heavy atom. The first kappa shape index (κ1) is 16.4. The van der Waals surface area contributed by atoms with Gasteiger partial charge >= 0.3 is 0 Å². The van der Waals surface area contributed by atoms with Crippen LogP contribution < -0.4 is 5.32 Å². The van der Waals surface area contributed by atoms with Crippen molar-refractivity contribution in [2.75, 3.05) is 5.32 Å². The van der Waals surface area contributed by atoms with Crippen LogP contribution in [0, 0.1) is 5.92 Å². The van der Waals surface area contributed by atoms with Crippen LogP contribution in [0.1, 0.15) is 32.7 Å². The highest BCUT2D eigenvalue weighted by molar-refractivity contribution is 8.00. The lowest BCUT2D eigenvalue weighted by atomic mass is 10.2. The van der Waals surface area contributed by atoms with Crippen LogP contribution in [-0.4, -0.2) is 20.9 Å². The average Bonchev–Trinajstić information content (AvgIpc) is 3.29. The van der Waals surface area contributed by atoms with Crippen molar-refractivity contribution in [2.24, 2.45) is 5.92 Å². The quantitative estimate of drug-likeness (QED) is 0.773. The molecule has 1 aromatic carbocycles. The second-order valence-electron chi connectivity index (χ2n) is 5.94. The molecule has 1 heterocycles. The number of hydrogen-bond donors (Lipinski definition) is 1. The molecule has 0 saturated heterocycles. The van der Waals surface area contributed by atoms with Crippen molar-refractivity contribution < 1.29 is 4.79 Å². The summed E-state index contributed by atoms with van der Waals surface area (Å²) < 4.78 is 1.93. The minimum atomic E-state index is -0.198. The van der Waals surface area contributed by atoms with Gasteiger partial charge < -0.3 is 5.32 Å². The molecule has 23 heavy (non-hydrogen) atoms. The largest absolute Gasteiger partial charge is 0.310 e. The molecule has 3 rings (SSSR count). The summed E-state index contributed by atoms with van der Waals surface area (Å²) >= 11 is 7.40. The van der Waals surface area contributed by atoms with E-state index in [0.29, 0.717) is 17.0 Å². The summed E-state index contributed by atoms with van der Waals surface area (Å²) in [6.07, 6.45) is 4.24. The highest BCUT2D eigenvalue weighted by Gasteiger charge is 2.31. The summed E-state index contributed by atoms with van der Waals surface area (Å²) in [5.41, 5.74) is 0. The van der Waals surface area contributed by atoms with E-state index in [1.165, 1.54) is 24.6 Å². The topological polar surface area (TPSA) is 46.9 Å². The van der Waals surface area contributed by atoms with Crippen LogP contribution in [0.2, 0.25) is 5.02 Å². The van der Waals surface area contributed by atoms with Gasteiger partial charge in [0.25, 0.3) is 0 Å². The van der Waals surface area contributed by atoms with Gasteiger partial charge in [0.15, 0.2) is 0 Å². The summed E-state index contributed by atoms with van der Waals surface area (Å²) in [6.45, 7) is 4.06. The third-order valence-corrected chi connectivity index (χ3v) is 5.47. The van der Waals surface area contributed by atoms with E-state index in [9.17, 15) is 4.79 Å². The molecule has 0 spiro atoms. The Labute approximate surface area is 145 Å². The number of thioether (sulfide) groups is 1. The van der Waals surface area contributed by atoms with Crippen LogP contribution in [0.25, 0.3) is 0 Å². The molecular formula is C17H20ClN3OS. The molecule has 6 heteroatoms. The molecule has 2 unspecified atom stereocenters. The van der Waals surface area contributed by atoms with Gasteiger partial charge in [0.05, 0.1) is 17.5 Å². The van der Waals surface area contributed by atoms with Gasteiger partial charge in [0, 0.05) is 16.0 Å². The smallest absolute Gasteiger partial charge is 0.238 e. The van der Waals surface area contributed by atoms with Crippen molar-refractivity contribution in [2.45, 2.75) is 42.9 Å². The first-order valence-electron chi connectivity index (χ1n) is 7.81. The van der Waals surface area contributed by atoms with Crippen LogP contribution >= 0.6 is 23.4 Å². The van der Waals surface area contributed by atoms with Crippen molar-refractivity contribution in [1.82, 2.24) is 9.78 Å². The normalized spacial score (nSPS) is 16.8. The van der Waals surface area contributed by atoms with Gasteiger partial charge in [0.1, 0.15) is 5.82 Å². The molecule has 0 radical (unpaired) electrons. The molecule has 1 amide bonds. The van der Waals surface area contributed by atoms with Gasteiger partial charge in [-0.25, -0.2) is 4.68 Å². The van der Waals surface area contributed by atoms with Crippen LogP contribution in [0.5, 0.6) is 0 Å². The first-order chi connectivity index (χ1) is 11.0. The molecule has 1 fully saturated rings. The summed E-state index contributed by atoms with van der Waals surface area (Å²) in [6, 6.07) is 9.71. The molecule has 1 aliphatic carbocycles. The summed E-state index contributed by atoms with van der Waals surface area (Å²) in [5, 5.41) is 7.86. The molecule has 1 aromatic heterocycles. The van der Waals surface area contributed by atoms with Crippen molar-refractivity contribution in [3.63, 3.8) is 0 Å². The van der Waals surface area contributed by atoms with Gasteiger partial charge in [-0.15, -0.1) is 11.8 Å². The Bertz CT molecular complexity index is 681. The Morgan fingerprint density at radius 3 is 2.65 bits per heavy atom. The molecule has 2 atom stereocenters. The van der Waals surface area contributed by atoms with Crippen LogP contribution in [0.3, 0.4) is 0 Å². The van der Waals surface area contributed by atoms with Crippen LogP contribution in [0.4, 0.5) is 5.82 Å².